The zero-order valence-electron chi connectivity index (χ0n) is 14.1. The van der Waals surface area contributed by atoms with Crippen LogP contribution in [0.25, 0.3) is 5.82 Å². The highest BCUT2D eigenvalue weighted by Crippen LogP contribution is 2.21. The first-order chi connectivity index (χ1) is 11.9. The molecule has 1 aliphatic rings. The van der Waals surface area contributed by atoms with Crippen LogP contribution in [0.1, 0.15) is 20.3 Å². The van der Waals surface area contributed by atoms with Crippen molar-refractivity contribution >= 4 is 33.4 Å². The SMILES string of the molecule is CC(C)CN1CC(C(=O)Nc2ccc(-n3cc(Br)cn3)nc2)CC1=O. The van der Waals surface area contributed by atoms with Crippen molar-refractivity contribution in [3.63, 3.8) is 0 Å². The molecule has 1 fully saturated rings. The van der Waals surface area contributed by atoms with Crippen molar-refractivity contribution in [1.29, 1.82) is 0 Å². The molecule has 0 spiro atoms. The molecule has 0 aromatic carbocycles. The molecule has 1 aliphatic heterocycles. The molecule has 2 aromatic rings. The molecule has 132 valence electrons. The molecule has 0 radical (unpaired) electrons. The van der Waals surface area contributed by atoms with Gasteiger partial charge in [0.15, 0.2) is 5.82 Å². The van der Waals surface area contributed by atoms with Gasteiger partial charge in [-0.25, -0.2) is 9.67 Å². The van der Waals surface area contributed by atoms with Gasteiger partial charge in [0.05, 0.1) is 28.5 Å². The van der Waals surface area contributed by atoms with Gasteiger partial charge in [-0.15, -0.1) is 0 Å². The van der Waals surface area contributed by atoms with Crippen LogP contribution in [0, 0.1) is 11.8 Å². The highest BCUT2D eigenvalue weighted by molar-refractivity contribution is 9.10. The van der Waals surface area contributed by atoms with Gasteiger partial charge in [-0.1, -0.05) is 13.8 Å². The number of hydrogen-bond acceptors (Lipinski definition) is 4. The number of carbonyl (C=O) groups is 2. The first-order valence-corrected chi connectivity index (χ1v) is 8.97. The smallest absolute Gasteiger partial charge is 0.229 e. The number of carbonyl (C=O) groups excluding carboxylic acids is 2. The summed E-state index contributed by atoms with van der Waals surface area (Å²) in [5.74, 6) is 0.642. The lowest BCUT2D eigenvalue weighted by molar-refractivity contribution is -0.128. The minimum Gasteiger partial charge on any atom is -0.342 e. The average Bonchev–Trinajstić information content (AvgIpc) is 3.14. The van der Waals surface area contributed by atoms with E-state index in [1.807, 2.05) is 0 Å². The number of anilines is 1. The summed E-state index contributed by atoms with van der Waals surface area (Å²) in [6.07, 6.45) is 5.34. The van der Waals surface area contributed by atoms with E-state index in [-0.39, 0.29) is 24.2 Å². The molecule has 3 rings (SSSR count). The van der Waals surface area contributed by atoms with Gasteiger partial charge in [-0.2, -0.15) is 5.10 Å². The summed E-state index contributed by atoms with van der Waals surface area (Å²) in [7, 11) is 0. The van der Waals surface area contributed by atoms with Gasteiger partial charge in [-0.05, 0) is 34.0 Å². The Morgan fingerprint density at radius 3 is 2.80 bits per heavy atom. The van der Waals surface area contributed by atoms with Gasteiger partial charge in [0, 0.05) is 25.7 Å². The highest BCUT2D eigenvalue weighted by Gasteiger charge is 2.34. The number of nitrogens with zero attached hydrogens (tertiary/aromatic N) is 4. The first-order valence-electron chi connectivity index (χ1n) is 8.17. The Hall–Kier alpha value is -2.22. The van der Waals surface area contributed by atoms with E-state index < -0.39 is 0 Å². The van der Waals surface area contributed by atoms with Crippen molar-refractivity contribution in [2.45, 2.75) is 20.3 Å². The molecule has 25 heavy (non-hydrogen) atoms. The minimum atomic E-state index is -0.312. The zero-order chi connectivity index (χ0) is 18.0. The van der Waals surface area contributed by atoms with Crippen molar-refractivity contribution in [2.24, 2.45) is 11.8 Å². The number of nitrogens with one attached hydrogen (secondary N) is 1. The number of halogens is 1. The third-order valence-electron chi connectivity index (χ3n) is 3.97. The maximum absolute atomic E-state index is 12.4. The Labute approximate surface area is 154 Å². The van der Waals surface area contributed by atoms with Crippen LogP contribution in [0.2, 0.25) is 0 Å². The largest absolute Gasteiger partial charge is 0.342 e. The number of likely N-dealkylation sites (tertiary alicyclic amines) is 1. The van der Waals surface area contributed by atoms with Gasteiger partial charge in [0.25, 0.3) is 0 Å². The molecule has 8 heteroatoms. The summed E-state index contributed by atoms with van der Waals surface area (Å²) in [6, 6.07) is 3.55. The molecular formula is C17H20BrN5O2. The van der Waals surface area contributed by atoms with E-state index in [9.17, 15) is 9.59 Å². The maximum Gasteiger partial charge on any atom is 0.229 e. The lowest BCUT2D eigenvalue weighted by Gasteiger charge is -2.18. The van der Waals surface area contributed by atoms with Gasteiger partial charge in [0.2, 0.25) is 11.8 Å². The third kappa shape index (κ3) is 4.25. The molecule has 1 saturated heterocycles. The van der Waals surface area contributed by atoms with Crippen LogP contribution >= 0.6 is 15.9 Å². The summed E-state index contributed by atoms with van der Waals surface area (Å²) < 4.78 is 2.50. The first kappa shape index (κ1) is 17.6. The molecule has 2 amide bonds. The predicted molar refractivity (Wildman–Crippen MR) is 97.2 cm³/mol. The van der Waals surface area contributed by atoms with Crippen LogP contribution in [0.15, 0.2) is 35.2 Å². The lowest BCUT2D eigenvalue weighted by Crippen LogP contribution is -2.31. The van der Waals surface area contributed by atoms with Crippen LogP contribution in [0.3, 0.4) is 0 Å². The van der Waals surface area contributed by atoms with E-state index in [2.05, 4.69) is 45.2 Å². The van der Waals surface area contributed by atoms with Crippen molar-refractivity contribution < 1.29 is 9.59 Å². The van der Waals surface area contributed by atoms with Crippen LogP contribution in [-0.2, 0) is 9.59 Å². The van der Waals surface area contributed by atoms with Crippen molar-refractivity contribution in [3.05, 3.63) is 35.2 Å². The van der Waals surface area contributed by atoms with E-state index >= 15 is 0 Å². The van der Waals surface area contributed by atoms with Gasteiger partial charge in [0.1, 0.15) is 0 Å². The topological polar surface area (TPSA) is 80.1 Å². The second kappa shape index (κ2) is 7.35. The summed E-state index contributed by atoms with van der Waals surface area (Å²) in [6.45, 7) is 5.30. The Balaban J connectivity index is 1.61. The molecular weight excluding hydrogens is 386 g/mol. The molecule has 0 aliphatic carbocycles. The fourth-order valence-corrected chi connectivity index (χ4v) is 3.12. The quantitative estimate of drug-likeness (QED) is 0.828. The maximum atomic E-state index is 12.4. The van der Waals surface area contributed by atoms with Crippen molar-refractivity contribution in [1.82, 2.24) is 19.7 Å². The molecule has 0 bridgehead atoms. The Bertz CT molecular complexity index is 772. The van der Waals surface area contributed by atoms with E-state index in [1.54, 1.807) is 40.3 Å². The monoisotopic (exact) mass is 405 g/mol. The Kier molecular flexibility index (Phi) is 5.17. The molecule has 1 unspecified atom stereocenters. The number of pyridine rings is 1. The zero-order valence-corrected chi connectivity index (χ0v) is 15.7. The second-order valence-electron chi connectivity index (χ2n) is 6.59. The number of hydrogen-bond donors (Lipinski definition) is 1. The van der Waals surface area contributed by atoms with E-state index in [0.29, 0.717) is 30.5 Å². The third-order valence-corrected chi connectivity index (χ3v) is 4.38. The van der Waals surface area contributed by atoms with E-state index in [4.69, 9.17) is 0 Å². The molecule has 1 atom stereocenters. The summed E-state index contributed by atoms with van der Waals surface area (Å²) >= 11 is 3.34. The van der Waals surface area contributed by atoms with Gasteiger partial charge in [-0.3, -0.25) is 9.59 Å². The molecule has 2 aromatic heterocycles. The van der Waals surface area contributed by atoms with Gasteiger partial charge < -0.3 is 10.2 Å². The number of aromatic nitrogens is 3. The fraction of sp³-hybridized carbons (Fsp3) is 0.412. The molecule has 1 N–H and O–H groups in total. The predicted octanol–water partition coefficient (Wildman–Crippen LogP) is 2.47. The molecule has 3 heterocycles. The van der Waals surface area contributed by atoms with Crippen LogP contribution in [0.5, 0.6) is 0 Å². The second-order valence-corrected chi connectivity index (χ2v) is 7.51. The van der Waals surface area contributed by atoms with Gasteiger partial charge >= 0.3 is 0 Å². The fourth-order valence-electron chi connectivity index (χ4n) is 2.83. The van der Waals surface area contributed by atoms with Crippen LogP contribution < -0.4 is 5.32 Å². The summed E-state index contributed by atoms with van der Waals surface area (Å²) in [5, 5.41) is 7.00. The van der Waals surface area contributed by atoms with Crippen LogP contribution in [-0.4, -0.2) is 44.6 Å². The molecule has 7 nitrogen and oxygen atoms in total. The lowest BCUT2D eigenvalue weighted by atomic mass is 10.1. The van der Waals surface area contributed by atoms with E-state index in [0.717, 1.165) is 4.47 Å². The summed E-state index contributed by atoms with van der Waals surface area (Å²) in [5.41, 5.74) is 0.606. The summed E-state index contributed by atoms with van der Waals surface area (Å²) in [4.78, 5) is 30.5. The Morgan fingerprint density at radius 2 is 2.20 bits per heavy atom. The Morgan fingerprint density at radius 1 is 1.40 bits per heavy atom. The standard InChI is InChI=1S/C17H20BrN5O2/c1-11(2)8-22-9-12(5-16(22)24)17(25)21-14-3-4-15(19-7-14)23-10-13(18)6-20-23/h3-4,6-7,10-12H,5,8-9H2,1-2H3,(H,21,25). The van der Waals surface area contributed by atoms with Crippen molar-refractivity contribution in [3.8, 4) is 5.82 Å². The van der Waals surface area contributed by atoms with Crippen LogP contribution in [0.4, 0.5) is 5.69 Å². The normalized spacial score (nSPS) is 17.4. The number of amides is 2. The molecule has 0 saturated carbocycles. The highest BCUT2D eigenvalue weighted by atomic mass is 79.9. The van der Waals surface area contributed by atoms with E-state index in [1.165, 1.54) is 0 Å². The minimum absolute atomic E-state index is 0.0478. The van der Waals surface area contributed by atoms with Crippen molar-refractivity contribution in [2.75, 3.05) is 18.4 Å². The number of rotatable bonds is 5. The average molecular weight is 406 g/mol.